The number of hydrogen-bond donors (Lipinski definition) is 2. The topological polar surface area (TPSA) is 52.0 Å². The third-order valence-electron chi connectivity index (χ3n) is 2.33. The predicted octanol–water partition coefficient (Wildman–Crippen LogP) is 3.23. The molecule has 4 N–H and O–H groups in total. The maximum absolute atomic E-state index is 6.08. The van der Waals surface area contributed by atoms with Gasteiger partial charge in [0.05, 0.1) is 0 Å². The summed E-state index contributed by atoms with van der Waals surface area (Å²) in [5, 5.41) is 0.725. The zero-order valence-electron chi connectivity index (χ0n) is 8.55. The van der Waals surface area contributed by atoms with Crippen molar-refractivity contribution in [2.24, 2.45) is 11.5 Å². The Morgan fingerprint density at radius 1 is 1.33 bits per heavy atom. The summed E-state index contributed by atoms with van der Waals surface area (Å²) in [4.78, 5) is 0. The van der Waals surface area contributed by atoms with Crippen LogP contribution in [0.3, 0.4) is 0 Å². The molecule has 0 heterocycles. The second-order valence-electron chi connectivity index (χ2n) is 3.56. The Morgan fingerprint density at radius 2 is 2.07 bits per heavy atom. The smallest absolute Gasteiger partial charge is 0.0410 e. The fourth-order valence-corrected chi connectivity index (χ4v) is 2.18. The molecule has 0 aliphatic heterocycles. The highest BCUT2D eigenvalue weighted by Gasteiger charge is 2.09. The minimum absolute atomic E-state index is 0.0321. The Balaban J connectivity index is 2.64. The molecule has 84 valence electrons. The first kappa shape index (κ1) is 13.0. The normalized spacial score (nSPS) is 12.8. The van der Waals surface area contributed by atoms with E-state index in [0.29, 0.717) is 0 Å². The lowest BCUT2D eigenvalue weighted by molar-refractivity contribution is 0.589. The van der Waals surface area contributed by atoms with Gasteiger partial charge in [0.1, 0.15) is 0 Å². The van der Waals surface area contributed by atoms with Crippen molar-refractivity contribution in [2.45, 2.75) is 25.3 Å². The molecular weight excluding hydrogens is 275 g/mol. The van der Waals surface area contributed by atoms with Crippen LogP contribution in [0.5, 0.6) is 0 Å². The van der Waals surface area contributed by atoms with Crippen molar-refractivity contribution in [1.82, 2.24) is 0 Å². The summed E-state index contributed by atoms with van der Waals surface area (Å²) in [6.07, 6.45) is 3.01. The van der Waals surface area contributed by atoms with Gasteiger partial charge in [0.15, 0.2) is 0 Å². The fourth-order valence-electron chi connectivity index (χ4n) is 1.46. The fraction of sp³-hybridized carbons (Fsp3) is 0.455. The molecule has 0 unspecified atom stereocenters. The summed E-state index contributed by atoms with van der Waals surface area (Å²) < 4.78 is 1.02. The second-order valence-corrected chi connectivity index (χ2v) is 4.85. The van der Waals surface area contributed by atoms with Gasteiger partial charge in [-0.05, 0) is 43.1 Å². The zero-order valence-corrected chi connectivity index (χ0v) is 10.9. The van der Waals surface area contributed by atoms with E-state index in [1.807, 2.05) is 18.2 Å². The first-order valence-corrected chi connectivity index (χ1v) is 6.23. The highest BCUT2D eigenvalue weighted by Crippen LogP contribution is 2.27. The molecule has 0 bridgehead atoms. The van der Waals surface area contributed by atoms with E-state index in [-0.39, 0.29) is 6.04 Å². The van der Waals surface area contributed by atoms with E-state index in [9.17, 15) is 0 Å². The molecule has 0 aromatic heterocycles. The first-order valence-electron chi connectivity index (χ1n) is 5.05. The molecule has 0 fully saturated rings. The van der Waals surface area contributed by atoms with E-state index in [2.05, 4.69) is 15.9 Å². The Bertz CT molecular complexity index is 317. The average Bonchev–Trinajstić information content (AvgIpc) is 2.22. The summed E-state index contributed by atoms with van der Waals surface area (Å²) in [6.45, 7) is 0.726. The van der Waals surface area contributed by atoms with Gasteiger partial charge in [0.2, 0.25) is 0 Å². The van der Waals surface area contributed by atoms with Gasteiger partial charge in [-0.15, -0.1) is 0 Å². The highest BCUT2D eigenvalue weighted by molar-refractivity contribution is 9.10. The van der Waals surface area contributed by atoms with E-state index >= 15 is 0 Å². The van der Waals surface area contributed by atoms with Crippen LogP contribution in [0, 0.1) is 0 Å². The average molecular weight is 292 g/mol. The van der Waals surface area contributed by atoms with Crippen LogP contribution in [0.2, 0.25) is 5.02 Å². The monoisotopic (exact) mass is 290 g/mol. The molecule has 4 heteroatoms. The van der Waals surface area contributed by atoms with E-state index in [4.69, 9.17) is 23.1 Å². The van der Waals surface area contributed by atoms with Crippen LogP contribution in [-0.2, 0) is 0 Å². The molecular formula is C11H16BrClN2. The lowest BCUT2D eigenvalue weighted by Crippen LogP contribution is -2.11. The van der Waals surface area contributed by atoms with E-state index in [1.54, 1.807) is 0 Å². The van der Waals surface area contributed by atoms with Gasteiger partial charge in [-0.1, -0.05) is 34.0 Å². The molecule has 0 radical (unpaired) electrons. The number of benzene rings is 1. The molecule has 1 aromatic rings. The van der Waals surface area contributed by atoms with E-state index in [1.165, 1.54) is 0 Å². The predicted molar refractivity (Wildman–Crippen MR) is 69.0 cm³/mol. The first-order chi connectivity index (χ1) is 7.15. The van der Waals surface area contributed by atoms with Crippen molar-refractivity contribution in [1.29, 1.82) is 0 Å². The largest absolute Gasteiger partial charge is 0.330 e. The van der Waals surface area contributed by atoms with Gasteiger partial charge >= 0.3 is 0 Å². The zero-order chi connectivity index (χ0) is 11.3. The minimum atomic E-state index is 0.0321. The molecule has 2 nitrogen and oxygen atoms in total. The quantitative estimate of drug-likeness (QED) is 0.818. The lowest BCUT2D eigenvalue weighted by Gasteiger charge is -2.13. The Kier molecular flexibility index (Phi) is 5.61. The second kappa shape index (κ2) is 6.48. The number of unbranched alkanes of at least 4 members (excludes halogenated alkanes) is 1. The molecule has 0 spiro atoms. The molecule has 0 aliphatic rings. The maximum Gasteiger partial charge on any atom is 0.0410 e. The third-order valence-corrected chi connectivity index (χ3v) is 3.28. The Hall–Kier alpha value is -0.0900. The highest BCUT2D eigenvalue weighted by atomic mass is 79.9. The summed E-state index contributed by atoms with van der Waals surface area (Å²) in [6, 6.07) is 5.73. The van der Waals surface area contributed by atoms with Crippen LogP contribution in [0.4, 0.5) is 0 Å². The van der Waals surface area contributed by atoms with Crippen LogP contribution in [0.1, 0.15) is 30.9 Å². The van der Waals surface area contributed by atoms with Gasteiger partial charge in [-0.3, -0.25) is 0 Å². The van der Waals surface area contributed by atoms with Crippen molar-refractivity contribution in [2.75, 3.05) is 6.54 Å². The van der Waals surface area contributed by atoms with Gasteiger partial charge in [-0.25, -0.2) is 0 Å². The summed E-state index contributed by atoms with van der Waals surface area (Å²) in [5.41, 5.74) is 12.6. The van der Waals surface area contributed by atoms with Gasteiger partial charge in [0, 0.05) is 15.5 Å². The minimum Gasteiger partial charge on any atom is -0.330 e. The van der Waals surface area contributed by atoms with Gasteiger partial charge in [-0.2, -0.15) is 0 Å². The number of rotatable bonds is 5. The molecule has 1 atom stereocenters. The standard InChI is InChI=1S/C11H16BrClN2/c12-10-5-4-8(13)7-9(10)11(15)3-1-2-6-14/h4-5,7,11H,1-3,6,14-15H2/t11-/m0/s1. The van der Waals surface area contributed by atoms with Gasteiger partial charge in [0.25, 0.3) is 0 Å². The molecule has 1 aromatic carbocycles. The molecule has 15 heavy (non-hydrogen) atoms. The number of halogens is 2. The summed E-state index contributed by atoms with van der Waals surface area (Å²) in [5.74, 6) is 0. The van der Waals surface area contributed by atoms with E-state index in [0.717, 1.165) is 40.9 Å². The van der Waals surface area contributed by atoms with Crippen LogP contribution in [0.15, 0.2) is 22.7 Å². The van der Waals surface area contributed by atoms with Crippen molar-refractivity contribution >= 4 is 27.5 Å². The van der Waals surface area contributed by atoms with Gasteiger partial charge < -0.3 is 11.5 Å². The van der Waals surface area contributed by atoms with Crippen LogP contribution >= 0.6 is 27.5 Å². The Morgan fingerprint density at radius 3 is 2.73 bits per heavy atom. The molecule has 0 aliphatic carbocycles. The lowest BCUT2D eigenvalue weighted by atomic mass is 10.0. The third kappa shape index (κ3) is 4.11. The van der Waals surface area contributed by atoms with Crippen molar-refractivity contribution in [3.05, 3.63) is 33.3 Å². The molecule has 0 saturated heterocycles. The number of nitrogens with two attached hydrogens (primary N) is 2. The Labute approximate surface area is 104 Å². The van der Waals surface area contributed by atoms with Crippen molar-refractivity contribution < 1.29 is 0 Å². The van der Waals surface area contributed by atoms with Crippen molar-refractivity contribution in [3.8, 4) is 0 Å². The maximum atomic E-state index is 6.08. The number of hydrogen-bond acceptors (Lipinski definition) is 2. The van der Waals surface area contributed by atoms with Crippen LogP contribution < -0.4 is 11.5 Å². The van der Waals surface area contributed by atoms with Crippen LogP contribution in [-0.4, -0.2) is 6.54 Å². The summed E-state index contributed by atoms with van der Waals surface area (Å²) >= 11 is 9.40. The van der Waals surface area contributed by atoms with Crippen molar-refractivity contribution in [3.63, 3.8) is 0 Å². The molecule has 0 saturated carbocycles. The van der Waals surface area contributed by atoms with Crippen LogP contribution in [0.25, 0.3) is 0 Å². The SMILES string of the molecule is NCCCC[C@H](N)c1cc(Cl)ccc1Br. The molecule has 1 rings (SSSR count). The molecule has 0 amide bonds. The summed E-state index contributed by atoms with van der Waals surface area (Å²) in [7, 11) is 0. The van der Waals surface area contributed by atoms with E-state index < -0.39 is 0 Å².